The third-order valence-corrected chi connectivity index (χ3v) is 3.94. The average Bonchev–Trinajstić information content (AvgIpc) is 2.52. The van der Waals surface area contributed by atoms with Crippen molar-refractivity contribution in [3.05, 3.63) is 37.3 Å². The summed E-state index contributed by atoms with van der Waals surface area (Å²) < 4.78 is 0. The number of nitrogens with one attached hydrogen (secondary N) is 1. The Hall–Kier alpha value is -2.04. The van der Waals surface area contributed by atoms with Gasteiger partial charge in [-0.15, -0.1) is 0 Å². The van der Waals surface area contributed by atoms with Crippen LogP contribution in [0.3, 0.4) is 0 Å². The number of hydrogen-bond acceptors (Lipinski definition) is 3. The summed E-state index contributed by atoms with van der Waals surface area (Å²) in [6.45, 7) is 11.8. The summed E-state index contributed by atoms with van der Waals surface area (Å²) in [5, 5.41) is 2.55. The second-order valence-corrected chi connectivity index (χ2v) is 5.88. The summed E-state index contributed by atoms with van der Waals surface area (Å²) in [5.41, 5.74) is 1.17. The summed E-state index contributed by atoms with van der Waals surface area (Å²) in [5.74, 6) is -0.705. The molecule has 2 radical (unpaired) electrons. The van der Waals surface area contributed by atoms with Crippen molar-refractivity contribution in [1.29, 1.82) is 0 Å². The molecule has 1 unspecified atom stereocenters. The predicted octanol–water partition coefficient (Wildman–Crippen LogP) is 1.19. The Morgan fingerprint density at radius 2 is 1.68 bits per heavy atom. The highest BCUT2D eigenvalue weighted by Crippen LogP contribution is 2.16. The molecular weight excluding hydrogens is 278 g/mol. The Labute approximate surface area is 132 Å². The van der Waals surface area contributed by atoms with Gasteiger partial charge in [-0.1, -0.05) is 32.0 Å². The second-order valence-electron chi connectivity index (χ2n) is 5.88. The van der Waals surface area contributed by atoms with E-state index in [1.54, 1.807) is 4.90 Å². The largest absolute Gasteiger partial charge is 0.368 e. The van der Waals surface area contributed by atoms with Crippen molar-refractivity contribution in [1.82, 2.24) is 10.2 Å². The van der Waals surface area contributed by atoms with Crippen molar-refractivity contribution in [2.45, 2.75) is 19.9 Å². The van der Waals surface area contributed by atoms with Crippen LogP contribution in [0.1, 0.15) is 13.8 Å². The Balaban J connectivity index is 1.95. The molecule has 1 aromatic rings. The summed E-state index contributed by atoms with van der Waals surface area (Å²) in [4.78, 5) is 27.7. The third kappa shape index (κ3) is 4.00. The van der Waals surface area contributed by atoms with Gasteiger partial charge in [0.05, 0.1) is 6.92 Å². The number of carbonyl (C=O) groups is 2. The van der Waals surface area contributed by atoms with Gasteiger partial charge in [0.25, 0.3) is 0 Å². The fourth-order valence-electron chi connectivity index (χ4n) is 2.69. The first kappa shape index (κ1) is 16.3. The lowest BCUT2D eigenvalue weighted by Gasteiger charge is -2.38. The lowest BCUT2D eigenvalue weighted by atomic mass is 10.0. The molecule has 5 nitrogen and oxygen atoms in total. The molecule has 0 aliphatic carbocycles. The lowest BCUT2D eigenvalue weighted by Crippen LogP contribution is -2.56. The molecule has 1 aliphatic heterocycles. The topological polar surface area (TPSA) is 52.7 Å². The van der Waals surface area contributed by atoms with Crippen LogP contribution in [0.15, 0.2) is 30.3 Å². The first-order valence-corrected chi connectivity index (χ1v) is 7.64. The molecule has 1 aliphatic rings. The van der Waals surface area contributed by atoms with E-state index in [4.69, 9.17) is 6.92 Å². The fraction of sp³-hybridized carbons (Fsp3) is 0.471. The molecule has 2 rings (SSSR count). The molecular formula is C17H23N3O2. The Kier molecular flexibility index (Phi) is 5.41. The minimum absolute atomic E-state index is 0.00662. The van der Waals surface area contributed by atoms with E-state index in [-0.39, 0.29) is 11.8 Å². The van der Waals surface area contributed by atoms with Gasteiger partial charge in [0.2, 0.25) is 11.8 Å². The number of benzene rings is 1. The minimum Gasteiger partial charge on any atom is -0.368 e. The van der Waals surface area contributed by atoms with Crippen LogP contribution in [0.25, 0.3) is 0 Å². The fourth-order valence-corrected chi connectivity index (χ4v) is 2.69. The number of carbonyl (C=O) groups excluding carboxylic acids is 2. The zero-order valence-corrected chi connectivity index (χ0v) is 13.2. The van der Waals surface area contributed by atoms with E-state index < -0.39 is 11.9 Å². The van der Waals surface area contributed by atoms with Gasteiger partial charge in [-0.3, -0.25) is 9.59 Å². The number of amides is 2. The minimum atomic E-state index is -0.657. The van der Waals surface area contributed by atoms with Crippen molar-refractivity contribution in [3.8, 4) is 0 Å². The zero-order chi connectivity index (χ0) is 16.1. The molecule has 22 heavy (non-hydrogen) atoms. The first-order chi connectivity index (χ1) is 10.5. The van der Waals surface area contributed by atoms with Crippen LogP contribution in [-0.2, 0) is 9.59 Å². The van der Waals surface area contributed by atoms with E-state index in [1.165, 1.54) is 5.69 Å². The number of para-hydroxylation sites is 1. The number of nitrogens with zero attached hydrogens (tertiary/aromatic N) is 2. The van der Waals surface area contributed by atoms with Crippen LogP contribution in [0, 0.1) is 12.8 Å². The van der Waals surface area contributed by atoms with Gasteiger partial charge in [0.1, 0.15) is 6.04 Å². The van der Waals surface area contributed by atoms with Crippen LogP contribution in [-0.4, -0.2) is 48.9 Å². The van der Waals surface area contributed by atoms with Crippen molar-refractivity contribution in [2.24, 2.45) is 5.92 Å². The van der Waals surface area contributed by atoms with E-state index in [0.717, 1.165) is 13.1 Å². The summed E-state index contributed by atoms with van der Waals surface area (Å²) in [7, 11) is 0. The van der Waals surface area contributed by atoms with E-state index in [2.05, 4.69) is 22.3 Å². The van der Waals surface area contributed by atoms with Crippen LogP contribution in [0.4, 0.5) is 5.69 Å². The van der Waals surface area contributed by atoms with E-state index in [1.807, 2.05) is 32.0 Å². The van der Waals surface area contributed by atoms with E-state index in [9.17, 15) is 9.59 Å². The quantitative estimate of drug-likeness (QED) is 0.909. The smallest absolute Gasteiger partial charge is 0.245 e. The van der Waals surface area contributed by atoms with E-state index in [0.29, 0.717) is 13.1 Å². The third-order valence-electron chi connectivity index (χ3n) is 3.94. The highest BCUT2D eigenvalue weighted by molar-refractivity contribution is 5.89. The SMILES string of the molecule is [CH]C(=O)NC(C(=O)N1CCN(c2ccccc2)CC1)C(C)C. The van der Waals surface area contributed by atoms with Gasteiger partial charge in [-0.25, -0.2) is 0 Å². The van der Waals surface area contributed by atoms with Crippen molar-refractivity contribution < 1.29 is 9.59 Å². The van der Waals surface area contributed by atoms with E-state index >= 15 is 0 Å². The van der Waals surface area contributed by atoms with Gasteiger partial charge in [0.15, 0.2) is 0 Å². The van der Waals surface area contributed by atoms with Gasteiger partial charge in [-0.2, -0.15) is 0 Å². The lowest BCUT2D eigenvalue weighted by molar-refractivity contribution is -0.137. The van der Waals surface area contributed by atoms with Crippen molar-refractivity contribution in [2.75, 3.05) is 31.1 Å². The van der Waals surface area contributed by atoms with Gasteiger partial charge in [0, 0.05) is 31.9 Å². The average molecular weight is 301 g/mol. The van der Waals surface area contributed by atoms with Crippen LogP contribution in [0.5, 0.6) is 0 Å². The van der Waals surface area contributed by atoms with Gasteiger partial charge < -0.3 is 15.1 Å². The van der Waals surface area contributed by atoms with Crippen LogP contribution >= 0.6 is 0 Å². The Morgan fingerprint density at radius 1 is 1.09 bits per heavy atom. The molecule has 1 heterocycles. The normalized spacial score (nSPS) is 16.5. The molecule has 118 valence electrons. The van der Waals surface area contributed by atoms with Gasteiger partial charge in [-0.05, 0) is 18.1 Å². The zero-order valence-electron chi connectivity index (χ0n) is 13.2. The van der Waals surface area contributed by atoms with Crippen LogP contribution in [0.2, 0.25) is 0 Å². The molecule has 1 fully saturated rings. The summed E-state index contributed by atoms with van der Waals surface area (Å²) >= 11 is 0. The standard InChI is InChI=1S/C17H23N3O2/c1-13(2)16(18-14(3)21)17(22)20-11-9-19(10-12-20)15-7-5-4-6-8-15/h3-8,13,16H,9-12H2,1-2H3,(H,18,21). The number of rotatable bonds is 4. The highest BCUT2D eigenvalue weighted by Gasteiger charge is 2.30. The Morgan fingerprint density at radius 3 is 2.18 bits per heavy atom. The van der Waals surface area contributed by atoms with Crippen molar-refractivity contribution in [3.63, 3.8) is 0 Å². The molecule has 0 spiro atoms. The molecule has 0 saturated carbocycles. The number of hydrogen-bond donors (Lipinski definition) is 1. The molecule has 0 aromatic heterocycles. The second kappa shape index (κ2) is 7.29. The maximum Gasteiger partial charge on any atom is 0.245 e. The van der Waals surface area contributed by atoms with Crippen molar-refractivity contribution >= 4 is 17.5 Å². The maximum atomic E-state index is 12.6. The Bertz CT molecular complexity index is 508. The monoisotopic (exact) mass is 301 g/mol. The number of anilines is 1. The summed E-state index contributed by atoms with van der Waals surface area (Å²) in [6, 6.07) is 9.61. The van der Waals surface area contributed by atoms with Gasteiger partial charge >= 0.3 is 0 Å². The highest BCUT2D eigenvalue weighted by atomic mass is 16.2. The molecule has 0 bridgehead atoms. The molecule has 1 N–H and O–H groups in total. The summed E-state index contributed by atoms with van der Waals surface area (Å²) in [6.07, 6.45) is 0. The number of piperazine rings is 1. The molecule has 1 atom stereocenters. The first-order valence-electron chi connectivity index (χ1n) is 7.64. The molecule has 1 aromatic carbocycles. The van der Waals surface area contributed by atoms with Crippen LogP contribution < -0.4 is 10.2 Å². The predicted molar refractivity (Wildman–Crippen MR) is 86.3 cm³/mol. The molecule has 5 heteroatoms. The molecule has 2 amide bonds. The molecule has 1 saturated heterocycles. The maximum absolute atomic E-state index is 12.6.